The highest BCUT2D eigenvalue weighted by molar-refractivity contribution is 5.69. The maximum absolute atomic E-state index is 11.1. The highest BCUT2D eigenvalue weighted by atomic mass is 16.5. The van der Waals surface area contributed by atoms with Crippen molar-refractivity contribution >= 4 is 5.97 Å². The molecule has 0 heterocycles. The predicted octanol–water partition coefficient (Wildman–Crippen LogP) is -0.631. The number of carbonyl (C=O) groups excluding carboxylic acids is 1. The van der Waals surface area contributed by atoms with Gasteiger partial charge in [-0.3, -0.25) is 4.79 Å². The molecule has 5 nitrogen and oxygen atoms in total. The molecule has 0 aromatic rings. The van der Waals surface area contributed by atoms with Gasteiger partial charge in [0.15, 0.2) is 0 Å². The first-order valence-corrected chi connectivity index (χ1v) is 5.10. The second-order valence-corrected chi connectivity index (χ2v) is 4.64. The largest absolute Gasteiger partial charge is 0.463 e. The minimum Gasteiger partial charge on any atom is -0.463 e. The SMILES string of the molecule is C[N+](C)(C)CCCC(=O)OC[C@H](O)CO. The Morgan fingerprint density at radius 1 is 1.40 bits per heavy atom. The molecule has 5 heteroatoms. The van der Waals surface area contributed by atoms with Crippen LogP contribution in [0.1, 0.15) is 12.8 Å². The van der Waals surface area contributed by atoms with Crippen molar-refractivity contribution in [3.8, 4) is 0 Å². The van der Waals surface area contributed by atoms with E-state index in [2.05, 4.69) is 21.1 Å². The Morgan fingerprint density at radius 2 is 2.00 bits per heavy atom. The number of hydrogen-bond donors (Lipinski definition) is 2. The quantitative estimate of drug-likeness (QED) is 0.443. The van der Waals surface area contributed by atoms with Gasteiger partial charge >= 0.3 is 5.97 Å². The summed E-state index contributed by atoms with van der Waals surface area (Å²) >= 11 is 0. The summed E-state index contributed by atoms with van der Waals surface area (Å²) in [6, 6.07) is 0. The minimum absolute atomic E-state index is 0.125. The minimum atomic E-state index is -0.965. The molecule has 0 aliphatic carbocycles. The molecule has 0 aromatic carbocycles. The zero-order valence-electron chi connectivity index (χ0n) is 9.77. The molecule has 0 aliphatic heterocycles. The van der Waals surface area contributed by atoms with E-state index in [0.717, 1.165) is 17.4 Å². The highest BCUT2D eigenvalue weighted by Crippen LogP contribution is 1.99. The van der Waals surface area contributed by atoms with Crippen molar-refractivity contribution in [2.45, 2.75) is 18.9 Å². The molecule has 1 atom stereocenters. The van der Waals surface area contributed by atoms with Gasteiger partial charge in [-0.15, -0.1) is 0 Å². The Hall–Kier alpha value is -0.650. The molecule has 0 radical (unpaired) electrons. The summed E-state index contributed by atoms with van der Waals surface area (Å²) in [5.41, 5.74) is 0. The van der Waals surface area contributed by atoms with Gasteiger partial charge in [-0.1, -0.05) is 0 Å². The van der Waals surface area contributed by atoms with E-state index in [1.807, 2.05) is 0 Å². The lowest BCUT2D eigenvalue weighted by atomic mass is 10.3. The number of ether oxygens (including phenoxy) is 1. The summed E-state index contributed by atoms with van der Waals surface area (Å²) in [5.74, 6) is -0.323. The van der Waals surface area contributed by atoms with Gasteiger partial charge in [0.1, 0.15) is 12.7 Å². The van der Waals surface area contributed by atoms with Crippen molar-refractivity contribution in [1.82, 2.24) is 0 Å². The van der Waals surface area contributed by atoms with E-state index in [4.69, 9.17) is 14.9 Å². The number of aliphatic hydroxyl groups is 2. The van der Waals surface area contributed by atoms with Gasteiger partial charge in [-0.2, -0.15) is 0 Å². The average Bonchev–Trinajstić information content (AvgIpc) is 2.12. The number of esters is 1. The molecule has 15 heavy (non-hydrogen) atoms. The smallest absolute Gasteiger partial charge is 0.306 e. The molecule has 0 saturated carbocycles. The van der Waals surface area contributed by atoms with E-state index in [-0.39, 0.29) is 19.2 Å². The molecular formula is C10H22NO4+. The molecule has 0 unspecified atom stereocenters. The number of quaternary nitrogens is 1. The molecule has 90 valence electrons. The van der Waals surface area contributed by atoms with Gasteiger partial charge in [0.25, 0.3) is 0 Å². The zero-order valence-corrected chi connectivity index (χ0v) is 9.77. The molecule has 0 saturated heterocycles. The molecule has 0 aliphatic rings. The fourth-order valence-corrected chi connectivity index (χ4v) is 1.01. The van der Waals surface area contributed by atoms with E-state index in [9.17, 15) is 4.79 Å². The van der Waals surface area contributed by atoms with Gasteiger partial charge in [0, 0.05) is 6.42 Å². The molecule has 0 fully saturated rings. The van der Waals surface area contributed by atoms with Gasteiger partial charge in [-0.25, -0.2) is 0 Å². The first-order chi connectivity index (χ1) is 6.85. The topological polar surface area (TPSA) is 66.8 Å². The normalized spacial score (nSPS) is 13.7. The third-order valence-corrected chi connectivity index (χ3v) is 1.86. The van der Waals surface area contributed by atoms with Crippen molar-refractivity contribution in [3.63, 3.8) is 0 Å². The summed E-state index contributed by atoms with van der Waals surface area (Å²) in [4.78, 5) is 11.1. The highest BCUT2D eigenvalue weighted by Gasteiger charge is 2.11. The lowest BCUT2D eigenvalue weighted by molar-refractivity contribution is -0.870. The molecule has 0 rings (SSSR count). The van der Waals surface area contributed by atoms with Crippen LogP contribution in [0.5, 0.6) is 0 Å². The van der Waals surface area contributed by atoms with Crippen LogP contribution >= 0.6 is 0 Å². The van der Waals surface area contributed by atoms with Crippen molar-refractivity contribution in [2.75, 3.05) is 40.9 Å². The third kappa shape index (κ3) is 9.65. The maximum Gasteiger partial charge on any atom is 0.306 e. The molecular weight excluding hydrogens is 198 g/mol. The summed E-state index contributed by atoms with van der Waals surface area (Å²) in [7, 11) is 6.17. The van der Waals surface area contributed by atoms with E-state index < -0.39 is 6.10 Å². The Bertz CT molecular complexity index is 188. The summed E-state index contributed by atoms with van der Waals surface area (Å²) in [6.07, 6.45) is 0.151. The van der Waals surface area contributed by atoms with Crippen molar-refractivity contribution < 1.29 is 24.2 Å². The Balaban J connectivity index is 3.50. The molecule has 0 spiro atoms. The van der Waals surface area contributed by atoms with Gasteiger partial charge in [0.05, 0.1) is 40.7 Å². The van der Waals surface area contributed by atoms with Crippen LogP contribution in [0.3, 0.4) is 0 Å². The van der Waals surface area contributed by atoms with Crippen LogP contribution in [0.2, 0.25) is 0 Å². The van der Waals surface area contributed by atoms with Crippen LogP contribution < -0.4 is 0 Å². The van der Waals surface area contributed by atoms with Crippen LogP contribution in [-0.4, -0.2) is 67.7 Å². The second-order valence-electron chi connectivity index (χ2n) is 4.64. The van der Waals surface area contributed by atoms with Crippen LogP contribution in [0.15, 0.2) is 0 Å². The van der Waals surface area contributed by atoms with E-state index in [1.165, 1.54) is 0 Å². The van der Waals surface area contributed by atoms with Crippen molar-refractivity contribution in [2.24, 2.45) is 0 Å². The summed E-state index contributed by atoms with van der Waals surface area (Å²) in [6.45, 7) is 0.392. The Labute approximate surface area is 90.9 Å². The van der Waals surface area contributed by atoms with E-state index in [1.54, 1.807) is 0 Å². The van der Waals surface area contributed by atoms with Crippen LogP contribution in [0.4, 0.5) is 0 Å². The second kappa shape index (κ2) is 6.76. The molecule has 0 bridgehead atoms. The number of nitrogens with zero attached hydrogens (tertiary/aromatic N) is 1. The predicted molar refractivity (Wildman–Crippen MR) is 56.2 cm³/mol. The van der Waals surface area contributed by atoms with E-state index >= 15 is 0 Å². The van der Waals surface area contributed by atoms with Crippen LogP contribution in [0, 0.1) is 0 Å². The van der Waals surface area contributed by atoms with E-state index in [0.29, 0.717) is 6.42 Å². The monoisotopic (exact) mass is 220 g/mol. The fraction of sp³-hybridized carbons (Fsp3) is 0.900. The van der Waals surface area contributed by atoms with Gasteiger partial charge in [0.2, 0.25) is 0 Å². The number of carbonyl (C=O) groups is 1. The Morgan fingerprint density at radius 3 is 2.47 bits per heavy atom. The number of aliphatic hydroxyl groups excluding tert-OH is 2. The first-order valence-electron chi connectivity index (χ1n) is 5.10. The van der Waals surface area contributed by atoms with Gasteiger partial charge in [-0.05, 0) is 0 Å². The van der Waals surface area contributed by atoms with Gasteiger partial charge < -0.3 is 19.4 Å². The summed E-state index contributed by atoms with van der Waals surface area (Å²) < 4.78 is 5.57. The third-order valence-electron chi connectivity index (χ3n) is 1.86. The van der Waals surface area contributed by atoms with Crippen LogP contribution in [0.25, 0.3) is 0 Å². The zero-order chi connectivity index (χ0) is 11.9. The number of rotatable bonds is 7. The van der Waals surface area contributed by atoms with Crippen molar-refractivity contribution in [3.05, 3.63) is 0 Å². The van der Waals surface area contributed by atoms with Crippen LogP contribution in [-0.2, 0) is 9.53 Å². The first kappa shape index (κ1) is 14.3. The standard InChI is InChI=1S/C10H22NO4/c1-11(2,3)6-4-5-10(14)15-8-9(13)7-12/h9,12-13H,4-8H2,1-3H3/q+1/t9-/m1/s1. The summed E-state index contributed by atoms with van der Waals surface area (Å²) in [5, 5.41) is 17.4. The molecule has 0 aromatic heterocycles. The Kier molecular flexibility index (Phi) is 6.47. The molecule has 0 amide bonds. The lowest BCUT2D eigenvalue weighted by Gasteiger charge is -2.23. The average molecular weight is 220 g/mol. The molecule has 2 N–H and O–H groups in total. The van der Waals surface area contributed by atoms with Crippen molar-refractivity contribution in [1.29, 1.82) is 0 Å². The number of hydrogen-bond acceptors (Lipinski definition) is 4. The lowest BCUT2D eigenvalue weighted by Crippen LogP contribution is -2.35. The maximum atomic E-state index is 11.1. The fourth-order valence-electron chi connectivity index (χ4n) is 1.01.